The molecule has 0 aromatic carbocycles. The van der Waals surface area contributed by atoms with Crippen molar-refractivity contribution < 1.29 is 9.63 Å². The Hall–Kier alpha value is -0.940. The second kappa shape index (κ2) is 6.12. The summed E-state index contributed by atoms with van der Waals surface area (Å²) in [7, 11) is 0. The molecule has 1 aliphatic rings. The molecule has 1 aliphatic heterocycles. The van der Waals surface area contributed by atoms with Crippen LogP contribution in [0.1, 0.15) is 37.9 Å². The van der Waals surface area contributed by atoms with E-state index in [0.29, 0.717) is 18.4 Å². The Morgan fingerprint density at radius 1 is 1.47 bits per heavy atom. The maximum atomic E-state index is 8.79. The molecule has 2 heterocycles. The first-order valence-corrected chi connectivity index (χ1v) is 6.50. The Morgan fingerprint density at radius 3 is 3.12 bits per heavy atom. The number of aliphatic hydroxyl groups is 1. The number of likely N-dealkylation sites (N-methyl/N-ethyl adjacent to an activating group) is 1. The maximum Gasteiger partial charge on any atom is 0.228 e. The van der Waals surface area contributed by atoms with E-state index in [9.17, 15) is 0 Å². The molecule has 1 N–H and O–H groups in total. The fraction of sp³-hybridized carbons (Fsp3) is 0.833. The molecule has 0 saturated carbocycles. The van der Waals surface area contributed by atoms with Crippen molar-refractivity contribution in [3.63, 3.8) is 0 Å². The van der Waals surface area contributed by atoms with Crippen molar-refractivity contribution in [3.8, 4) is 0 Å². The summed E-state index contributed by atoms with van der Waals surface area (Å²) in [5.41, 5.74) is 0. The Kier molecular flexibility index (Phi) is 4.50. The normalized spacial score (nSPS) is 21.9. The van der Waals surface area contributed by atoms with Gasteiger partial charge in [-0.3, -0.25) is 0 Å². The van der Waals surface area contributed by atoms with Crippen molar-refractivity contribution in [2.75, 3.05) is 19.7 Å². The van der Waals surface area contributed by atoms with E-state index in [1.165, 1.54) is 25.8 Å². The maximum absolute atomic E-state index is 8.79. The third-order valence-electron chi connectivity index (χ3n) is 3.41. The van der Waals surface area contributed by atoms with Crippen LogP contribution in [-0.2, 0) is 12.8 Å². The quantitative estimate of drug-likeness (QED) is 0.831. The molecule has 2 rings (SSSR count). The first-order chi connectivity index (χ1) is 8.33. The van der Waals surface area contributed by atoms with Gasteiger partial charge in [-0.2, -0.15) is 4.98 Å². The fourth-order valence-electron chi connectivity index (χ4n) is 2.49. The highest BCUT2D eigenvalue weighted by atomic mass is 16.5. The zero-order valence-corrected chi connectivity index (χ0v) is 10.4. The van der Waals surface area contributed by atoms with Crippen molar-refractivity contribution in [2.45, 2.75) is 45.1 Å². The Labute approximate surface area is 102 Å². The predicted molar refractivity (Wildman–Crippen MR) is 63.7 cm³/mol. The highest BCUT2D eigenvalue weighted by molar-refractivity contribution is 4.92. The molecule has 0 aliphatic carbocycles. The van der Waals surface area contributed by atoms with Crippen molar-refractivity contribution >= 4 is 0 Å². The summed E-state index contributed by atoms with van der Waals surface area (Å²) in [6, 6.07) is 0.549. The molecule has 1 saturated heterocycles. The van der Waals surface area contributed by atoms with E-state index in [-0.39, 0.29) is 6.61 Å². The smallest absolute Gasteiger partial charge is 0.228 e. The average Bonchev–Trinajstić information content (AvgIpc) is 2.78. The minimum absolute atomic E-state index is 0.0617. The molecule has 0 radical (unpaired) electrons. The Bertz CT molecular complexity index is 340. The molecule has 1 aromatic heterocycles. The number of aromatic nitrogens is 2. The van der Waals surface area contributed by atoms with Gasteiger partial charge in [0.15, 0.2) is 5.82 Å². The molecule has 5 nitrogen and oxygen atoms in total. The molecule has 0 bridgehead atoms. The number of rotatable bonds is 5. The van der Waals surface area contributed by atoms with Crippen molar-refractivity contribution in [3.05, 3.63) is 11.7 Å². The van der Waals surface area contributed by atoms with E-state index in [1.807, 2.05) is 0 Å². The van der Waals surface area contributed by atoms with Crippen LogP contribution >= 0.6 is 0 Å². The molecule has 1 fully saturated rings. The van der Waals surface area contributed by atoms with Gasteiger partial charge in [0.1, 0.15) is 0 Å². The van der Waals surface area contributed by atoms with Crippen LogP contribution in [0.5, 0.6) is 0 Å². The van der Waals surface area contributed by atoms with Gasteiger partial charge in [0.05, 0.1) is 13.0 Å². The second-order valence-electron chi connectivity index (χ2n) is 4.56. The number of aliphatic hydroxyl groups excluding tert-OH is 1. The summed E-state index contributed by atoms with van der Waals surface area (Å²) in [6.45, 7) is 4.53. The molecule has 1 atom stereocenters. The highest BCUT2D eigenvalue weighted by Crippen LogP contribution is 2.19. The summed E-state index contributed by atoms with van der Waals surface area (Å²) < 4.78 is 5.08. The van der Waals surface area contributed by atoms with E-state index in [2.05, 4.69) is 22.0 Å². The van der Waals surface area contributed by atoms with Gasteiger partial charge in [-0.05, 0) is 25.9 Å². The SMILES string of the molecule is CCN1CCCCC1Cc1noc(CCO)n1. The summed E-state index contributed by atoms with van der Waals surface area (Å²) in [4.78, 5) is 6.79. The van der Waals surface area contributed by atoms with Crippen molar-refractivity contribution in [2.24, 2.45) is 0 Å². The van der Waals surface area contributed by atoms with Crippen LogP contribution in [0.15, 0.2) is 4.52 Å². The lowest BCUT2D eigenvalue weighted by Gasteiger charge is -2.34. The Balaban J connectivity index is 1.93. The van der Waals surface area contributed by atoms with Gasteiger partial charge < -0.3 is 14.5 Å². The van der Waals surface area contributed by atoms with Gasteiger partial charge in [0.2, 0.25) is 5.89 Å². The molecule has 0 spiro atoms. The summed E-state index contributed by atoms with van der Waals surface area (Å²) in [6.07, 6.45) is 5.13. The van der Waals surface area contributed by atoms with Gasteiger partial charge in [0, 0.05) is 12.5 Å². The third kappa shape index (κ3) is 3.26. The number of hydrogen-bond acceptors (Lipinski definition) is 5. The van der Waals surface area contributed by atoms with E-state index >= 15 is 0 Å². The number of nitrogens with zero attached hydrogens (tertiary/aromatic N) is 3. The molecule has 1 aromatic rings. The van der Waals surface area contributed by atoms with Gasteiger partial charge in [-0.15, -0.1) is 0 Å². The number of hydrogen-bond donors (Lipinski definition) is 1. The largest absolute Gasteiger partial charge is 0.396 e. The van der Waals surface area contributed by atoms with Gasteiger partial charge in [-0.1, -0.05) is 18.5 Å². The van der Waals surface area contributed by atoms with Crippen LogP contribution in [0.4, 0.5) is 0 Å². The lowest BCUT2D eigenvalue weighted by Crippen LogP contribution is -2.40. The van der Waals surface area contributed by atoms with Gasteiger partial charge in [-0.25, -0.2) is 0 Å². The molecular formula is C12H21N3O2. The molecule has 5 heteroatoms. The third-order valence-corrected chi connectivity index (χ3v) is 3.41. The lowest BCUT2D eigenvalue weighted by molar-refractivity contribution is 0.153. The zero-order chi connectivity index (χ0) is 12.1. The number of piperidine rings is 1. The summed E-state index contributed by atoms with van der Waals surface area (Å²) in [5.74, 6) is 1.32. The van der Waals surface area contributed by atoms with Crippen LogP contribution in [0.25, 0.3) is 0 Å². The van der Waals surface area contributed by atoms with Crippen LogP contribution in [0.2, 0.25) is 0 Å². The van der Waals surface area contributed by atoms with E-state index in [4.69, 9.17) is 9.63 Å². The van der Waals surface area contributed by atoms with Crippen LogP contribution in [0, 0.1) is 0 Å². The fourth-order valence-corrected chi connectivity index (χ4v) is 2.49. The van der Waals surface area contributed by atoms with Gasteiger partial charge in [0.25, 0.3) is 0 Å². The predicted octanol–water partition coefficient (Wildman–Crippen LogP) is 1.02. The molecular weight excluding hydrogens is 218 g/mol. The standard InChI is InChI=1S/C12H21N3O2/c1-2-15-7-4-3-5-10(15)9-11-13-12(6-8-16)17-14-11/h10,16H,2-9H2,1H3. The molecule has 17 heavy (non-hydrogen) atoms. The molecule has 1 unspecified atom stereocenters. The highest BCUT2D eigenvalue weighted by Gasteiger charge is 2.23. The molecule has 0 amide bonds. The minimum atomic E-state index is 0.0617. The second-order valence-corrected chi connectivity index (χ2v) is 4.56. The zero-order valence-electron chi connectivity index (χ0n) is 10.4. The van der Waals surface area contributed by atoms with Crippen molar-refractivity contribution in [1.82, 2.24) is 15.0 Å². The minimum Gasteiger partial charge on any atom is -0.396 e. The topological polar surface area (TPSA) is 62.4 Å². The average molecular weight is 239 g/mol. The first kappa shape index (κ1) is 12.5. The lowest BCUT2D eigenvalue weighted by atomic mass is 9.99. The molecule has 96 valence electrons. The van der Waals surface area contributed by atoms with Gasteiger partial charge >= 0.3 is 0 Å². The summed E-state index contributed by atoms with van der Waals surface area (Å²) >= 11 is 0. The van der Waals surface area contributed by atoms with E-state index in [0.717, 1.165) is 18.8 Å². The Morgan fingerprint density at radius 2 is 2.35 bits per heavy atom. The van der Waals surface area contributed by atoms with Crippen molar-refractivity contribution in [1.29, 1.82) is 0 Å². The van der Waals surface area contributed by atoms with E-state index < -0.39 is 0 Å². The van der Waals surface area contributed by atoms with Crippen LogP contribution in [0.3, 0.4) is 0 Å². The monoisotopic (exact) mass is 239 g/mol. The summed E-state index contributed by atoms with van der Waals surface area (Å²) in [5, 5.41) is 12.8. The van der Waals surface area contributed by atoms with Crippen LogP contribution < -0.4 is 0 Å². The first-order valence-electron chi connectivity index (χ1n) is 6.50. The van der Waals surface area contributed by atoms with E-state index in [1.54, 1.807) is 0 Å². The number of likely N-dealkylation sites (tertiary alicyclic amines) is 1. The van der Waals surface area contributed by atoms with Crippen LogP contribution in [-0.4, -0.2) is 45.9 Å².